The van der Waals surface area contributed by atoms with Crippen molar-refractivity contribution >= 4 is 14.1 Å². The third kappa shape index (κ3) is 4.72. The first-order valence-electron chi connectivity index (χ1n) is 10.2. The van der Waals surface area contributed by atoms with Crippen molar-refractivity contribution in [2.45, 2.75) is 104 Å². The van der Waals surface area contributed by atoms with Gasteiger partial charge in [0.1, 0.15) is 5.78 Å². The molecule has 2 aliphatic rings. The molecule has 0 bridgehead atoms. The Morgan fingerprint density at radius 1 is 1.29 bits per heavy atom. The number of Topliss-reactive ketones (excluding diaryl/α,β-unsaturated/α-hetero) is 1. The zero-order valence-electron chi connectivity index (χ0n) is 17.2. The second kappa shape index (κ2) is 7.23. The maximum Gasteiger partial charge on any atom is 0.184 e. The molecule has 4 atom stereocenters. The highest BCUT2D eigenvalue weighted by Gasteiger charge is 2.52. The summed E-state index contributed by atoms with van der Waals surface area (Å²) < 4.78 is 6.35. The van der Waals surface area contributed by atoms with Crippen LogP contribution in [0.25, 0.3) is 0 Å². The van der Waals surface area contributed by atoms with Gasteiger partial charge in [-0.1, -0.05) is 26.7 Å². The molecule has 0 radical (unpaired) electrons. The van der Waals surface area contributed by atoms with E-state index in [1.54, 1.807) is 0 Å². The van der Waals surface area contributed by atoms with Gasteiger partial charge in [0.15, 0.2) is 8.32 Å². The number of rotatable bonds is 7. The summed E-state index contributed by atoms with van der Waals surface area (Å²) in [7, 11) is -1.48. The lowest BCUT2D eigenvalue weighted by Gasteiger charge is -2.42. The predicted octanol–water partition coefficient (Wildman–Crippen LogP) is 6.21. The van der Waals surface area contributed by atoms with Gasteiger partial charge in [-0.25, -0.2) is 0 Å². The topological polar surface area (TPSA) is 26.3 Å². The van der Waals surface area contributed by atoms with Gasteiger partial charge in [0.25, 0.3) is 0 Å². The summed E-state index contributed by atoms with van der Waals surface area (Å²) in [5.41, 5.74) is 0.298. The molecule has 0 aromatic carbocycles. The summed E-state index contributed by atoms with van der Waals surface area (Å²) in [6.45, 7) is 16.2. The molecule has 0 amide bonds. The predicted molar refractivity (Wildman–Crippen MR) is 105 cm³/mol. The number of carbonyl (C=O) groups excluding carboxylic acids is 1. The molecule has 24 heavy (non-hydrogen) atoms. The van der Waals surface area contributed by atoms with Crippen molar-refractivity contribution in [3.8, 4) is 0 Å². The minimum Gasteiger partial charge on any atom is -0.413 e. The molecule has 2 nitrogen and oxygen atoms in total. The normalized spacial score (nSPS) is 32.7. The van der Waals surface area contributed by atoms with Crippen LogP contribution >= 0.6 is 0 Å². The van der Waals surface area contributed by atoms with E-state index in [0.717, 1.165) is 37.5 Å². The fourth-order valence-corrected chi connectivity index (χ4v) is 7.60. The van der Waals surface area contributed by atoms with Crippen LogP contribution in [-0.4, -0.2) is 19.7 Å². The van der Waals surface area contributed by atoms with E-state index in [9.17, 15) is 4.79 Å². The lowest BCUT2D eigenvalue weighted by Crippen LogP contribution is -2.39. The fraction of sp³-hybridized carbons (Fsp3) is 0.952. The van der Waals surface area contributed by atoms with E-state index >= 15 is 0 Å². The van der Waals surface area contributed by atoms with Crippen LogP contribution in [0.3, 0.4) is 0 Å². The van der Waals surface area contributed by atoms with E-state index in [0.29, 0.717) is 17.1 Å². The Kier molecular flexibility index (Phi) is 6.07. The van der Waals surface area contributed by atoms with Crippen molar-refractivity contribution < 1.29 is 9.22 Å². The van der Waals surface area contributed by atoms with Gasteiger partial charge in [0, 0.05) is 12.3 Å². The molecule has 0 aromatic rings. The molecule has 2 aliphatic carbocycles. The molecule has 2 rings (SSSR count). The van der Waals surface area contributed by atoms with E-state index in [-0.39, 0.29) is 5.60 Å². The molecule has 0 unspecified atom stereocenters. The minimum absolute atomic E-state index is 0.00705. The second-order valence-corrected chi connectivity index (χ2v) is 14.8. The molecule has 0 heterocycles. The first-order chi connectivity index (χ1) is 10.9. The van der Waals surface area contributed by atoms with Crippen LogP contribution in [0.4, 0.5) is 0 Å². The molecule has 140 valence electrons. The van der Waals surface area contributed by atoms with Crippen molar-refractivity contribution in [1.82, 2.24) is 0 Å². The highest BCUT2D eigenvalue weighted by atomic mass is 28.4. The Labute approximate surface area is 151 Å². The largest absolute Gasteiger partial charge is 0.413 e. The molecule has 2 saturated carbocycles. The number of fused-ring (bicyclic) bond motifs is 1. The standard InChI is InChI=1S/C21H40O2Si/c1-16(10-8-14-20(2,3)23-24(5,6)7)17-12-13-18-19(22)11-9-15-21(17,18)4/h16-18H,8-15H2,1-7H3/t16-,17+,18+,21-/m1/s1. The van der Waals surface area contributed by atoms with Crippen LogP contribution in [0.2, 0.25) is 19.6 Å². The van der Waals surface area contributed by atoms with Crippen molar-refractivity contribution in [2.75, 3.05) is 0 Å². The lowest BCUT2D eigenvalue weighted by atomic mass is 9.62. The summed E-state index contributed by atoms with van der Waals surface area (Å²) in [5.74, 6) is 2.40. The Morgan fingerprint density at radius 3 is 2.58 bits per heavy atom. The maximum absolute atomic E-state index is 12.3. The Bertz CT molecular complexity index is 451. The van der Waals surface area contributed by atoms with Crippen LogP contribution in [0.5, 0.6) is 0 Å². The Balaban J connectivity index is 1.87. The molecule has 0 spiro atoms. The lowest BCUT2D eigenvalue weighted by molar-refractivity contribution is -0.130. The van der Waals surface area contributed by atoms with Crippen LogP contribution in [0.1, 0.15) is 79.1 Å². The zero-order chi connectivity index (χ0) is 18.2. The zero-order valence-corrected chi connectivity index (χ0v) is 18.2. The first-order valence-corrected chi connectivity index (χ1v) is 13.6. The van der Waals surface area contributed by atoms with Gasteiger partial charge in [-0.3, -0.25) is 4.79 Å². The highest BCUT2D eigenvalue weighted by Crippen LogP contribution is 2.57. The molecule has 0 saturated heterocycles. The monoisotopic (exact) mass is 352 g/mol. The van der Waals surface area contributed by atoms with Crippen LogP contribution in [0, 0.1) is 23.2 Å². The number of hydrogen-bond acceptors (Lipinski definition) is 2. The molecule has 0 N–H and O–H groups in total. The smallest absolute Gasteiger partial charge is 0.184 e. The van der Waals surface area contributed by atoms with Gasteiger partial charge in [-0.2, -0.15) is 0 Å². The fourth-order valence-electron chi connectivity index (χ4n) is 5.84. The van der Waals surface area contributed by atoms with E-state index < -0.39 is 8.32 Å². The number of carbonyl (C=O) groups is 1. The van der Waals surface area contributed by atoms with Crippen molar-refractivity contribution in [2.24, 2.45) is 23.2 Å². The van der Waals surface area contributed by atoms with Crippen LogP contribution < -0.4 is 0 Å². The molecular formula is C21H40O2Si. The third-order valence-electron chi connectivity index (χ3n) is 6.64. The van der Waals surface area contributed by atoms with Gasteiger partial charge in [-0.05, 0) is 82.8 Å². The van der Waals surface area contributed by atoms with Gasteiger partial charge in [-0.15, -0.1) is 0 Å². The SMILES string of the molecule is C[C@H](CCCC(C)(C)O[Si](C)(C)C)[C@@H]1CC[C@H]2C(=O)CCC[C@@]21C. The molecular weight excluding hydrogens is 312 g/mol. The van der Waals surface area contributed by atoms with Gasteiger partial charge < -0.3 is 4.43 Å². The van der Waals surface area contributed by atoms with E-state index in [1.165, 1.54) is 25.7 Å². The minimum atomic E-state index is -1.48. The third-order valence-corrected chi connectivity index (χ3v) is 7.81. The van der Waals surface area contributed by atoms with Gasteiger partial charge in [0.05, 0.1) is 5.60 Å². The summed E-state index contributed by atoms with van der Waals surface area (Å²) in [5, 5.41) is 0. The molecule has 3 heteroatoms. The van der Waals surface area contributed by atoms with Gasteiger partial charge in [0.2, 0.25) is 0 Å². The summed E-state index contributed by atoms with van der Waals surface area (Å²) >= 11 is 0. The Hall–Kier alpha value is -0.153. The van der Waals surface area contributed by atoms with E-state index in [1.807, 2.05) is 0 Å². The van der Waals surface area contributed by atoms with E-state index in [4.69, 9.17) is 4.43 Å². The second-order valence-electron chi connectivity index (χ2n) is 10.4. The van der Waals surface area contributed by atoms with Crippen LogP contribution in [0.15, 0.2) is 0 Å². The van der Waals surface area contributed by atoms with E-state index in [2.05, 4.69) is 47.3 Å². The number of hydrogen-bond donors (Lipinski definition) is 0. The first kappa shape index (κ1) is 20.2. The Morgan fingerprint density at radius 2 is 1.96 bits per heavy atom. The van der Waals surface area contributed by atoms with Crippen molar-refractivity contribution in [3.63, 3.8) is 0 Å². The molecule has 0 aromatic heterocycles. The highest BCUT2D eigenvalue weighted by molar-refractivity contribution is 6.69. The average Bonchev–Trinajstić information content (AvgIpc) is 2.74. The van der Waals surface area contributed by atoms with Crippen molar-refractivity contribution in [3.05, 3.63) is 0 Å². The maximum atomic E-state index is 12.3. The molecule has 2 fully saturated rings. The van der Waals surface area contributed by atoms with Crippen LogP contribution in [-0.2, 0) is 9.22 Å². The summed E-state index contributed by atoms with van der Waals surface area (Å²) in [6.07, 6.45) is 9.30. The average molecular weight is 353 g/mol. The number of ketones is 1. The summed E-state index contributed by atoms with van der Waals surface area (Å²) in [6, 6.07) is 0. The molecule has 0 aliphatic heterocycles. The summed E-state index contributed by atoms with van der Waals surface area (Å²) in [4.78, 5) is 12.3. The van der Waals surface area contributed by atoms with Crippen molar-refractivity contribution in [1.29, 1.82) is 0 Å². The quantitative estimate of drug-likeness (QED) is 0.509. The van der Waals surface area contributed by atoms with Gasteiger partial charge >= 0.3 is 0 Å².